The van der Waals surface area contributed by atoms with E-state index in [1.807, 2.05) is 13.8 Å². The maximum absolute atomic E-state index is 13.5. The van der Waals surface area contributed by atoms with Crippen LogP contribution in [0.1, 0.15) is 25.8 Å². The van der Waals surface area contributed by atoms with E-state index in [1.165, 1.54) is 12.1 Å². The van der Waals surface area contributed by atoms with Crippen LogP contribution in [0.15, 0.2) is 47.4 Å². The Morgan fingerprint density at radius 1 is 1.07 bits per heavy atom. The van der Waals surface area contributed by atoms with E-state index in [0.717, 1.165) is 17.7 Å². The van der Waals surface area contributed by atoms with Gasteiger partial charge in [-0.1, -0.05) is 26.0 Å². The molecule has 0 saturated heterocycles. The molecule has 2 aromatic rings. The SMILES string of the molecule is CC(C)CNS(=O)(=O)c1ccc(CCC(=O)Nc2ccc(F)cc2F)cc1. The molecule has 0 bridgehead atoms. The van der Waals surface area contributed by atoms with Crippen LogP contribution in [0.5, 0.6) is 0 Å². The summed E-state index contributed by atoms with van der Waals surface area (Å²) < 4.78 is 53.2. The molecule has 0 heterocycles. The molecule has 2 rings (SSSR count). The number of hydrogen-bond acceptors (Lipinski definition) is 3. The van der Waals surface area contributed by atoms with Crippen molar-refractivity contribution in [2.75, 3.05) is 11.9 Å². The fraction of sp³-hybridized carbons (Fsp3) is 0.316. The number of benzene rings is 2. The molecule has 8 heteroatoms. The van der Waals surface area contributed by atoms with Gasteiger partial charge < -0.3 is 5.32 Å². The average molecular weight is 396 g/mol. The van der Waals surface area contributed by atoms with Gasteiger partial charge in [0.05, 0.1) is 10.6 Å². The van der Waals surface area contributed by atoms with Gasteiger partial charge in [0.1, 0.15) is 11.6 Å². The summed E-state index contributed by atoms with van der Waals surface area (Å²) in [6, 6.07) is 9.15. The number of carbonyl (C=O) groups is 1. The number of nitrogens with one attached hydrogen (secondary N) is 2. The maximum atomic E-state index is 13.5. The predicted molar refractivity (Wildman–Crippen MR) is 99.8 cm³/mol. The molecular weight excluding hydrogens is 374 g/mol. The van der Waals surface area contributed by atoms with E-state index in [0.29, 0.717) is 19.0 Å². The number of carbonyl (C=O) groups excluding carboxylic acids is 1. The number of anilines is 1. The van der Waals surface area contributed by atoms with Crippen LogP contribution in [0.2, 0.25) is 0 Å². The molecule has 146 valence electrons. The highest BCUT2D eigenvalue weighted by molar-refractivity contribution is 7.89. The van der Waals surface area contributed by atoms with Gasteiger partial charge in [-0.15, -0.1) is 0 Å². The summed E-state index contributed by atoms with van der Waals surface area (Å²) in [6.07, 6.45) is 0.433. The lowest BCUT2D eigenvalue weighted by Crippen LogP contribution is -2.27. The molecule has 27 heavy (non-hydrogen) atoms. The van der Waals surface area contributed by atoms with Gasteiger partial charge in [-0.2, -0.15) is 0 Å². The largest absolute Gasteiger partial charge is 0.324 e. The zero-order valence-electron chi connectivity index (χ0n) is 15.1. The summed E-state index contributed by atoms with van der Waals surface area (Å²) in [5, 5.41) is 2.38. The van der Waals surface area contributed by atoms with Crippen molar-refractivity contribution >= 4 is 21.6 Å². The van der Waals surface area contributed by atoms with Crippen molar-refractivity contribution in [2.45, 2.75) is 31.6 Å². The van der Waals surface area contributed by atoms with E-state index >= 15 is 0 Å². The second kappa shape index (κ2) is 9.05. The third-order valence-electron chi connectivity index (χ3n) is 3.76. The Balaban J connectivity index is 1.91. The molecule has 0 unspecified atom stereocenters. The first-order chi connectivity index (χ1) is 12.7. The zero-order chi connectivity index (χ0) is 20.0. The standard InChI is InChI=1S/C19H22F2N2O3S/c1-13(2)12-22-27(25,26)16-7-3-14(4-8-16)5-10-19(24)23-18-9-6-15(20)11-17(18)21/h3-4,6-9,11,13,22H,5,10,12H2,1-2H3,(H,23,24). The molecular formula is C19H22F2N2O3S. The first kappa shape index (κ1) is 21.0. The van der Waals surface area contributed by atoms with Crippen LogP contribution >= 0.6 is 0 Å². The van der Waals surface area contributed by atoms with Gasteiger partial charge >= 0.3 is 0 Å². The fourth-order valence-corrected chi connectivity index (χ4v) is 3.47. The highest BCUT2D eigenvalue weighted by Crippen LogP contribution is 2.16. The third kappa shape index (κ3) is 6.41. The summed E-state index contributed by atoms with van der Waals surface area (Å²) >= 11 is 0. The molecule has 0 radical (unpaired) electrons. The minimum Gasteiger partial charge on any atom is -0.324 e. The molecule has 0 fully saturated rings. The quantitative estimate of drug-likeness (QED) is 0.717. The molecule has 2 aromatic carbocycles. The highest BCUT2D eigenvalue weighted by Gasteiger charge is 2.14. The van der Waals surface area contributed by atoms with E-state index < -0.39 is 27.6 Å². The summed E-state index contributed by atoms with van der Waals surface area (Å²) in [6.45, 7) is 4.17. The van der Waals surface area contributed by atoms with Crippen molar-refractivity contribution in [3.8, 4) is 0 Å². The maximum Gasteiger partial charge on any atom is 0.240 e. The lowest BCUT2D eigenvalue weighted by atomic mass is 10.1. The first-order valence-corrected chi connectivity index (χ1v) is 9.99. The smallest absolute Gasteiger partial charge is 0.240 e. The Hall–Kier alpha value is -2.32. The van der Waals surface area contributed by atoms with Gasteiger partial charge in [-0.25, -0.2) is 21.9 Å². The van der Waals surface area contributed by atoms with Gasteiger partial charge in [0.2, 0.25) is 15.9 Å². The van der Waals surface area contributed by atoms with Crippen LogP contribution in [0.3, 0.4) is 0 Å². The summed E-state index contributed by atoms with van der Waals surface area (Å²) in [7, 11) is -3.55. The normalized spacial score (nSPS) is 11.6. The molecule has 0 aromatic heterocycles. The molecule has 0 aliphatic rings. The number of hydrogen-bond donors (Lipinski definition) is 2. The number of rotatable bonds is 8. The van der Waals surface area contributed by atoms with Gasteiger partial charge in [0, 0.05) is 19.0 Å². The molecule has 0 aliphatic carbocycles. The molecule has 0 atom stereocenters. The van der Waals surface area contributed by atoms with E-state index in [-0.39, 0.29) is 22.9 Å². The van der Waals surface area contributed by atoms with Crippen molar-refractivity contribution in [2.24, 2.45) is 5.92 Å². The summed E-state index contributed by atoms with van der Waals surface area (Å²) in [4.78, 5) is 12.1. The van der Waals surface area contributed by atoms with Gasteiger partial charge in [0.15, 0.2) is 0 Å². The Morgan fingerprint density at radius 3 is 2.33 bits per heavy atom. The third-order valence-corrected chi connectivity index (χ3v) is 5.20. The van der Waals surface area contributed by atoms with Crippen LogP contribution in [0.4, 0.5) is 14.5 Å². The van der Waals surface area contributed by atoms with E-state index in [1.54, 1.807) is 12.1 Å². The van der Waals surface area contributed by atoms with Crippen LogP contribution in [-0.2, 0) is 21.2 Å². The lowest BCUT2D eigenvalue weighted by molar-refractivity contribution is -0.116. The Bertz CT molecular complexity index is 898. The number of halogens is 2. The average Bonchev–Trinajstić information content (AvgIpc) is 2.61. The molecule has 1 amide bonds. The van der Waals surface area contributed by atoms with Gasteiger partial charge in [0.25, 0.3) is 0 Å². The Kier molecular flexibility index (Phi) is 7.04. The van der Waals surface area contributed by atoms with Crippen molar-refractivity contribution in [1.82, 2.24) is 4.72 Å². The Morgan fingerprint density at radius 2 is 1.74 bits per heavy atom. The van der Waals surface area contributed by atoms with Crippen LogP contribution in [0, 0.1) is 17.6 Å². The highest BCUT2D eigenvalue weighted by atomic mass is 32.2. The second-order valence-corrected chi connectivity index (χ2v) is 8.33. The number of sulfonamides is 1. The summed E-state index contributed by atoms with van der Waals surface area (Å²) in [5.74, 6) is -1.78. The van der Waals surface area contributed by atoms with Crippen LogP contribution in [-0.4, -0.2) is 20.9 Å². The monoisotopic (exact) mass is 396 g/mol. The number of aryl methyl sites for hydroxylation is 1. The van der Waals surface area contributed by atoms with Crippen molar-refractivity contribution in [3.63, 3.8) is 0 Å². The predicted octanol–water partition coefficient (Wildman–Crippen LogP) is 3.47. The fourth-order valence-electron chi connectivity index (χ4n) is 2.26. The summed E-state index contributed by atoms with van der Waals surface area (Å²) in [5.41, 5.74) is 0.687. The van der Waals surface area contributed by atoms with E-state index in [9.17, 15) is 22.0 Å². The molecule has 0 aliphatic heterocycles. The van der Waals surface area contributed by atoms with Crippen LogP contribution in [0.25, 0.3) is 0 Å². The van der Waals surface area contributed by atoms with Gasteiger partial charge in [-0.05, 0) is 42.2 Å². The first-order valence-electron chi connectivity index (χ1n) is 8.51. The molecule has 5 nitrogen and oxygen atoms in total. The van der Waals surface area contributed by atoms with E-state index in [2.05, 4.69) is 10.0 Å². The topological polar surface area (TPSA) is 75.3 Å². The Labute approximate surface area is 157 Å². The minimum atomic E-state index is -3.55. The lowest BCUT2D eigenvalue weighted by Gasteiger charge is -2.10. The minimum absolute atomic E-state index is 0.0779. The molecule has 0 spiro atoms. The second-order valence-electron chi connectivity index (χ2n) is 6.56. The van der Waals surface area contributed by atoms with Crippen molar-refractivity contribution in [1.29, 1.82) is 0 Å². The van der Waals surface area contributed by atoms with E-state index in [4.69, 9.17) is 0 Å². The van der Waals surface area contributed by atoms with Crippen molar-refractivity contribution in [3.05, 3.63) is 59.7 Å². The molecule has 0 saturated carbocycles. The molecule has 2 N–H and O–H groups in total. The zero-order valence-corrected chi connectivity index (χ0v) is 15.9. The number of amides is 1. The van der Waals surface area contributed by atoms with Crippen molar-refractivity contribution < 1.29 is 22.0 Å². The van der Waals surface area contributed by atoms with Gasteiger partial charge in [-0.3, -0.25) is 4.79 Å². The van der Waals surface area contributed by atoms with Crippen LogP contribution < -0.4 is 10.0 Å².